The summed E-state index contributed by atoms with van der Waals surface area (Å²) < 4.78 is 0. The van der Waals surface area contributed by atoms with Gasteiger partial charge in [0.05, 0.1) is 12.0 Å². The molecule has 3 aliphatic rings. The van der Waals surface area contributed by atoms with Crippen molar-refractivity contribution in [3.8, 4) is 0 Å². The predicted molar refractivity (Wildman–Crippen MR) is 71.3 cm³/mol. The predicted octanol–water partition coefficient (Wildman–Crippen LogP) is 0.488. The number of aliphatic carboxylic acids is 2. The summed E-state index contributed by atoms with van der Waals surface area (Å²) in [6.45, 7) is 1.62. The molecule has 6 nitrogen and oxygen atoms in total. The zero-order valence-corrected chi connectivity index (χ0v) is 11.8. The molecule has 0 aromatic carbocycles. The van der Waals surface area contributed by atoms with Gasteiger partial charge >= 0.3 is 11.9 Å². The van der Waals surface area contributed by atoms with Crippen molar-refractivity contribution in [3.05, 3.63) is 11.6 Å². The van der Waals surface area contributed by atoms with Crippen LogP contribution in [0.1, 0.15) is 26.2 Å². The van der Waals surface area contributed by atoms with E-state index in [4.69, 9.17) is 0 Å². The SMILES string of the molecule is C[C@@]1(CO)[C@@H]2C[C@@]3([C@@H](C(=O)O)CC[C@@H]13)[C@@H](O)C=C2C(=O)O. The van der Waals surface area contributed by atoms with Crippen LogP contribution in [-0.4, -0.2) is 45.1 Å². The van der Waals surface area contributed by atoms with Gasteiger partial charge in [-0.3, -0.25) is 4.79 Å². The second kappa shape index (κ2) is 4.30. The Bertz CT molecular complexity index is 540. The van der Waals surface area contributed by atoms with Crippen molar-refractivity contribution in [2.75, 3.05) is 6.61 Å². The van der Waals surface area contributed by atoms with E-state index in [1.807, 2.05) is 6.92 Å². The summed E-state index contributed by atoms with van der Waals surface area (Å²) in [4.78, 5) is 23.0. The van der Waals surface area contributed by atoms with E-state index in [2.05, 4.69) is 0 Å². The molecule has 0 aromatic rings. The maximum Gasteiger partial charge on any atom is 0.331 e. The lowest BCUT2D eigenvalue weighted by molar-refractivity contribution is -0.150. The van der Waals surface area contributed by atoms with Gasteiger partial charge in [0, 0.05) is 23.0 Å². The van der Waals surface area contributed by atoms with Crippen molar-refractivity contribution < 1.29 is 30.0 Å². The molecule has 1 spiro atoms. The average molecular weight is 296 g/mol. The van der Waals surface area contributed by atoms with Gasteiger partial charge in [0.1, 0.15) is 0 Å². The topological polar surface area (TPSA) is 115 Å². The first-order valence-electron chi connectivity index (χ1n) is 7.25. The fourth-order valence-corrected chi connectivity index (χ4v) is 5.41. The largest absolute Gasteiger partial charge is 0.481 e. The Morgan fingerprint density at radius 3 is 2.52 bits per heavy atom. The van der Waals surface area contributed by atoms with Gasteiger partial charge in [-0.05, 0) is 37.2 Å². The molecule has 21 heavy (non-hydrogen) atoms. The molecule has 0 radical (unpaired) electrons. The monoisotopic (exact) mass is 296 g/mol. The minimum absolute atomic E-state index is 0.114. The molecule has 116 valence electrons. The first-order valence-corrected chi connectivity index (χ1v) is 7.25. The van der Waals surface area contributed by atoms with Gasteiger partial charge < -0.3 is 20.4 Å². The molecule has 2 saturated carbocycles. The number of rotatable bonds is 3. The molecule has 6 atom stereocenters. The van der Waals surface area contributed by atoms with Crippen LogP contribution in [0, 0.1) is 28.6 Å². The Kier molecular flexibility index (Phi) is 2.98. The molecular weight excluding hydrogens is 276 g/mol. The Morgan fingerprint density at radius 1 is 1.33 bits per heavy atom. The zero-order valence-electron chi connectivity index (χ0n) is 11.8. The van der Waals surface area contributed by atoms with E-state index in [1.165, 1.54) is 6.08 Å². The van der Waals surface area contributed by atoms with E-state index in [9.17, 15) is 30.0 Å². The van der Waals surface area contributed by atoms with Crippen LogP contribution in [0.2, 0.25) is 0 Å². The molecule has 0 aliphatic heterocycles. The van der Waals surface area contributed by atoms with Crippen LogP contribution in [0.4, 0.5) is 0 Å². The van der Waals surface area contributed by atoms with Crippen molar-refractivity contribution in [1.82, 2.24) is 0 Å². The highest BCUT2D eigenvalue weighted by atomic mass is 16.4. The molecule has 2 fully saturated rings. The molecule has 3 aliphatic carbocycles. The third-order valence-electron chi connectivity index (χ3n) is 6.34. The molecule has 0 heterocycles. The fraction of sp³-hybridized carbons (Fsp3) is 0.733. The number of aliphatic hydroxyl groups is 2. The van der Waals surface area contributed by atoms with E-state index < -0.39 is 40.7 Å². The first-order chi connectivity index (χ1) is 9.79. The Morgan fingerprint density at radius 2 is 2.00 bits per heavy atom. The van der Waals surface area contributed by atoms with E-state index in [0.717, 1.165) is 0 Å². The van der Waals surface area contributed by atoms with Gasteiger partial charge in [-0.15, -0.1) is 0 Å². The number of hydrogen-bond donors (Lipinski definition) is 4. The van der Waals surface area contributed by atoms with Crippen molar-refractivity contribution in [3.63, 3.8) is 0 Å². The number of fused-ring (bicyclic) bond motifs is 1. The van der Waals surface area contributed by atoms with Crippen LogP contribution in [0.15, 0.2) is 11.6 Å². The van der Waals surface area contributed by atoms with E-state index in [1.54, 1.807) is 0 Å². The summed E-state index contributed by atoms with van der Waals surface area (Å²) >= 11 is 0. The van der Waals surface area contributed by atoms with Crippen LogP contribution in [0.3, 0.4) is 0 Å². The Labute approximate surface area is 122 Å². The Hall–Kier alpha value is -1.40. The highest BCUT2D eigenvalue weighted by Crippen LogP contribution is 2.71. The molecule has 2 bridgehead atoms. The fourth-order valence-electron chi connectivity index (χ4n) is 5.41. The van der Waals surface area contributed by atoms with Crippen LogP contribution < -0.4 is 0 Å². The highest BCUT2D eigenvalue weighted by molar-refractivity contribution is 5.88. The average Bonchev–Trinajstić information content (AvgIpc) is 2.89. The normalized spacial score (nSPS) is 47.9. The molecule has 3 rings (SSSR count). The second-order valence-electron chi connectivity index (χ2n) is 6.93. The molecule has 0 saturated heterocycles. The molecule has 4 N–H and O–H groups in total. The van der Waals surface area contributed by atoms with Crippen molar-refractivity contribution >= 4 is 11.9 Å². The number of carboxylic acids is 2. The number of aliphatic hydroxyl groups excluding tert-OH is 2. The summed E-state index contributed by atoms with van der Waals surface area (Å²) in [6.07, 6.45) is 1.62. The highest BCUT2D eigenvalue weighted by Gasteiger charge is 2.71. The quantitative estimate of drug-likeness (QED) is 0.602. The third-order valence-corrected chi connectivity index (χ3v) is 6.34. The first kappa shape index (κ1) is 14.5. The summed E-state index contributed by atoms with van der Waals surface area (Å²) in [5.41, 5.74) is -1.41. The summed E-state index contributed by atoms with van der Waals surface area (Å²) in [5.74, 6) is -3.30. The molecule has 6 heteroatoms. The summed E-state index contributed by atoms with van der Waals surface area (Å²) in [7, 11) is 0. The van der Waals surface area contributed by atoms with Gasteiger partial charge in [0.25, 0.3) is 0 Å². The van der Waals surface area contributed by atoms with E-state index in [0.29, 0.717) is 19.3 Å². The lowest BCUT2D eigenvalue weighted by atomic mass is 9.65. The molecule has 0 aromatic heterocycles. The van der Waals surface area contributed by atoms with Crippen LogP contribution in [0.25, 0.3) is 0 Å². The number of hydrogen-bond acceptors (Lipinski definition) is 4. The lowest BCUT2D eigenvalue weighted by Crippen LogP contribution is -2.45. The van der Waals surface area contributed by atoms with E-state index in [-0.39, 0.29) is 18.1 Å². The summed E-state index contributed by atoms with van der Waals surface area (Å²) in [5, 5.41) is 39.3. The van der Waals surface area contributed by atoms with Gasteiger partial charge in [-0.1, -0.05) is 6.92 Å². The smallest absolute Gasteiger partial charge is 0.331 e. The van der Waals surface area contributed by atoms with Gasteiger partial charge in [0.15, 0.2) is 0 Å². The minimum atomic E-state index is -1.10. The van der Waals surface area contributed by atoms with Gasteiger partial charge in [-0.25, -0.2) is 4.79 Å². The number of carbonyl (C=O) groups is 2. The molecule has 0 unspecified atom stereocenters. The van der Waals surface area contributed by atoms with Crippen LogP contribution >= 0.6 is 0 Å². The zero-order chi connectivity index (χ0) is 15.6. The summed E-state index contributed by atoms with van der Waals surface area (Å²) in [6, 6.07) is 0. The second-order valence-corrected chi connectivity index (χ2v) is 6.93. The van der Waals surface area contributed by atoms with Crippen molar-refractivity contribution in [2.24, 2.45) is 28.6 Å². The standard InChI is InChI=1S/C15H20O6/c1-14(6-16)9-5-15(11(17)4-7(9)12(18)19)8(13(20)21)2-3-10(14)15/h4,8-11,16-17H,2-3,5-6H2,1H3,(H,18,19)(H,20,21)/t8-,9-,10+,11+,14-,15+/m1/s1. The van der Waals surface area contributed by atoms with Crippen LogP contribution in [0.5, 0.6) is 0 Å². The van der Waals surface area contributed by atoms with Crippen molar-refractivity contribution in [2.45, 2.75) is 32.3 Å². The minimum Gasteiger partial charge on any atom is -0.481 e. The maximum absolute atomic E-state index is 11.6. The Balaban J connectivity index is 2.17. The van der Waals surface area contributed by atoms with Gasteiger partial charge in [-0.2, -0.15) is 0 Å². The lowest BCUT2D eigenvalue weighted by Gasteiger charge is -2.40. The third kappa shape index (κ3) is 1.54. The van der Waals surface area contributed by atoms with E-state index >= 15 is 0 Å². The molecule has 0 amide bonds. The van der Waals surface area contributed by atoms with Crippen LogP contribution in [-0.2, 0) is 9.59 Å². The molecular formula is C15H20O6. The van der Waals surface area contributed by atoms with Crippen molar-refractivity contribution in [1.29, 1.82) is 0 Å². The van der Waals surface area contributed by atoms with Gasteiger partial charge in [0.2, 0.25) is 0 Å². The number of carboxylic acid groups (broad SMARTS) is 2. The maximum atomic E-state index is 11.6.